The van der Waals surface area contributed by atoms with Crippen LogP contribution in [0.3, 0.4) is 0 Å². The van der Waals surface area contributed by atoms with Gasteiger partial charge in [-0.2, -0.15) is 0 Å². The van der Waals surface area contributed by atoms with E-state index < -0.39 is 0 Å². The van der Waals surface area contributed by atoms with Crippen LogP contribution < -0.4 is 5.32 Å². The molecule has 0 unspecified atom stereocenters. The van der Waals surface area contributed by atoms with Crippen molar-refractivity contribution in [1.82, 2.24) is 9.88 Å². The summed E-state index contributed by atoms with van der Waals surface area (Å²) in [6, 6.07) is 10.5. The molecule has 1 saturated heterocycles. The highest BCUT2D eigenvalue weighted by atomic mass is 16.5. The fourth-order valence-electron chi connectivity index (χ4n) is 3.15. The fourth-order valence-corrected chi connectivity index (χ4v) is 3.15. The molecule has 3 rings (SSSR count). The summed E-state index contributed by atoms with van der Waals surface area (Å²) in [4.78, 5) is 7.18. The van der Waals surface area contributed by atoms with Crippen LogP contribution in [0.2, 0.25) is 0 Å². The Hall–Kier alpha value is -1.65. The highest BCUT2D eigenvalue weighted by Crippen LogP contribution is 2.23. The number of ether oxygens (including phenoxy) is 1. The first-order valence-electron chi connectivity index (χ1n) is 7.60. The molecule has 0 bridgehead atoms. The van der Waals surface area contributed by atoms with E-state index in [1.54, 1.807) is 0 Å². The van der Waals surface area contributed by atoms with E-state index in [9.17, 15) is 0 Å². The topological polar surface area (TPSA) is 37.4 Å². The molecule has 112 valence electrons. The number of nitrogens with one attached hydrogen (secondary N) is 1. The zero-order valence-electron chi connectivity index (χ0n) is 13.0. The Morgan fingerprint density at radius 3 is 2.67 bits per heavy atom. The Bertz CT molecular complexity index is 618. The monoisotopic (exact) mass is 285 g/mol. The van der Waals surface area contributed by atoms with Gasteiger partial charge in [-0.25, -0.2) is 4.98 Å². The first kappa shape index (κ1) is 14.3. The third-order valence-electron chi connectivity index (χ3n) is 3.93. The molecule has 2 heterocycles. The first-order valence-corrected chi connectivity index (χ1v) is 7.60. The number of benzene rings is 1. The molecule has 1 fully saturated rings. The number of fused-ring (bicyclic) bond motifs is 1. The summed E-state index contributed by atoms with van der Waals surface area (Å²) in [6.07, 6.45) is 0.584. The zero-order chi connectivity index (χ0) is 14.8. The second-order valence-electron chi connectivity index (χ2n) is 5.89. The predicted octanol–water partition coefficient (Wildman–Crippen LogP) is 2.89. The number of aromatic nitrogens is 1. The van der Waals surface area contributed by atoms with Gasteiger partial charge < -0.3 is 10.1 Å². The van der Waals surface area contributed by atoms with Gasteiger partial charge in [-0.05, 0) is 26.0 Å². The average molecular weight is 285 g/mol. The van der Waals surface area contributed by atoms with Crippen LogP contribution in [0.1, 0.15) is 19.4 Å². The Kier molecular flexibility index (Phi) is 4.08. The highest BCUT2D eigenvalue weighted by Gasteiger charge is 2.23. The van der Waals surface area contributed by atoms with Gasteiger partial charge in [0.05, 0.1) is 17.7 Å². The number of nitrogens with zero attached hydrogens (tertiary/aromatic N) is 2. The molecule has 1 aromatic carbocycles. The van der Waals surface area contributed by atoms with Crippen LogP contribution in [-0.4, -0.2) is 42.2 Å². The quantitative estimate of drug-likeness (QED) is 0.941. The van der Waals surface area contributed by atoms with Gasteiger partial charge in [-0.15, -0.1) is 0 Å². The smallest absolute Gasteiger partial charge is 0.130 e. The predicted molar refractivity (Wildman–Crippen MR) is 86.6 cm³/mol. The summed E-state index contributed by atoms with van der Waals surface area (Å²) in [6.45, 7) is 7.13. The molecule has 1 N–H and O–H groups in total. The molecule has 0 saturated carbocycles. The minimum atomic E-state index is 0.292. The largest absolute Gasteiger partial charge is 0.373 e. The molecule has 2 atom stereocenters. The standard InChI is InChI=1S/C17H23N3O/c1-12-9-20(10-13(2)21-12)11-15-8-14-6-4-5-7-16(14)19-17(15)18-3/h4-8,12-13H,9-11H2,1-3H3,(H,18,19)/t12-,13+. The molecule has 1 aromatic heterocycles. The lowest BCUT2D eigenvalue weighted by Crippen LogP contribution is -2.44. The molecule has 21 heavy (non-hydrogen) atoms. The van der Waals surface area contributed by atoms with Crippen molar-refractivity contribution in [2.24, 2.45) is 0 Å². The molecule has 0 aliphatic carbocycles. The molecule has 1 aliphatic rings. The average Bonchev–Trinajstić information content (AvgIpc) is 2.45. The first-order chi connectivity index (χ1) is 10.2. The van der Waals surface area contributed by atoms with Crippen LogP contribution in [0.4, 0.5) is 5.82 Å². The lowest BCUT2D eigenvalue weighted by Gasteiger charge is -2.35. The van der Waals surface area contributed by atoms with Crippen molar-refractivity contribution in [3.8, 4) is 0 Å². The molecule has 2 aromatic rings. The van der Waals surface area contributed by atoms with Crippen molar-refractivity contribution in [2.45, 2.75) is 32.6 Å². The lowest BCUT2D eigenvalue weighted by atomic mass is 10.1. The maximum Gasteiger partial charge on any atom is 0.130 e. The van der Waals surface area contributed by atoms with E-state index in [4.69, 9.17) is 9.72 Å². The lowest BCUT2D eigenvalue weighted by molar-refractivity contribution is -0.0704. The van der Waals surface area contributed by atoms with E-state index in [-0.39, 0.29) is 0 Å². The number of pyridine rings is 1. The third-order valence-corrected chi connectivity index (χ3v) is 3.93. The zero-order valence-corrected chi connectivity index (χ0v) is 13.0. The fraction of sp³-hybridized carbons (Fsp3) is 0.471. The summed E-state index contributed by atoms with van der Waals surface area (Å²) >= 11 is 0. The molecular formula is C17H23N3O. The Morgan fingerprint density at radius 2 is 1.95 bits per heavy atom. The number of hydrogen-bond donors (Lipinski definition) is 1. The Labute approximate surface area is 126 Å². The maximum absolute atomic E-state index is 5.81. The van der Waals surface area contributed by atoms with Gasteiger partial charge in [0, 0.05) is 37.6 Å². The van der Waals surface area contributed by atoms with Crippen LogP contribution in [0.15, 0.2) is 30.3 Å². The maximum atomic E-state index is 5.81. The van der Waals surface area contributed by atoms with Crippen molar-refractivity contribution in [1.29, 1.82) is 0 Å². The summed E-state index contributed by atoms with van der Waals surface area (Å²) in [5.41, 5.74) is 2.28. The highest BCUT2D eigenvalue weighted by molar-refractivity contribution is 5.81. The summed E-state index contributed by atoms with van der Waals surface area (Å²) < 4.78 is 5.81. The molecular weight excluding hydrogens is 262 g/mol. The molecule has 4 nitrogen and oxygen atoms in total. The molecule has 0 radical (unpaired) electrons. The second kappa shape index (κ2) is 6.00. The van der Waals surface area contributed by atoms with E-state index >= 15 is 0 Å². The van der Waals surface area contributed by atoms with Crippen molar-refractivity contribution in [3.63, 3.8) is 0 Å². The van der Waals surface area contributed by atoms with Gasteiger partial charge in [-0.1, -0.05) is 18.2 Å². The number of morpholine rings is 1. The summed E-state index contributed by atoms with van der Waals surface area (Å²) in [5.74, 6) is 0.973. The van der Waals surface area contributed by atoms with Gasteiger partial charge in [0.2, 0.25) is 0 Å². The van der Waals surface area contributed by atoms with E-state index in [1.165, 1.54) is 10.9 Å². The minimum absolute atomic E-state index is 0.292. The van der Waals surface area contributed by atoms with Crippen LogP contribution in [-0.2, 0) is 11.3 Å². The van der Waals surface area contributed by atoms with Crippen LogP contribution in [0.5, 0.6) is 0 Å². The van der Waals surface area contributed by atoms with E-state index in [1.807, 2.05) is 13.1 Å². The van der Waals surface area contributed by atoms with E-state index in [0.29, 0.717) is 12.2 Å². The summed E-state index contributed by atoms with van der Waals surface area (Å²) in [7, 11) is 1.94. The normalized spacial score (nSPS) is 23.4. The van der Waals surface area contributed by atoms with Crippen LogP contribution in [0, 0.1) is 0 Å². The Balaban J connectivity index is 1.88. The third kappa shape index (κ3) is 3.17. The van der Waals surface area contributed by atoms with Crippen molar-refractivity contribution < 1.29 is 4.74 Å². The van der Waals surface area contributed by atoms with E-state index in [2.05, 4.69) is 48.3 Å². The summed E-state index contributed by atoms with van der Waals surface area (Å²) in [5, 5.41) is 4.43. The second-order valence-corrected chi connectivity index (χ2v) is 5.89. The molecule has 1 aliphatic heterocycles. The SMILES string of the molecule is CNc1nc2ccccc2cc1CN1C[C@@H](C)O[C@@H](C)C1. The molecule has 4 heteroatoms. The van der Waals surface area contributed by atoms with Crippen LogP contribution >= 0.6 is 0 Å². The number of anilines is 1. The van der Waals surface area contributed by atoms with Gasteiger partial charge in [-0.3, -0.25) is 4.90 Å². The van der Waals surface area contributed by atoms with Crippen LogP contribution in [0.25, 0.3) is 10.9 Å². The Morgan fingerprint density at radius 1 is 1.24 bits per heavy atom. The van der Waals surface area contributed by atoms with Crippen molar-refractivity contribution in [2.75, 3.05) is 25.5 Å². The van der Waals surface area contributed by atoms with Gasteiger partial charge in [0.15, 0.2) is 0 Å². The number of hydrogen-bond acceptors (Lipinski definition) is 4. The van der Waals surface area contributed by atoms with Gasteiger partial charge >= 0.3 is 0 Å². The van der Waals surface area contributed by atoms with Gasteiger partial charge in [0.1, 0.15) is 5.82 Å². The van der Waals surface area contributed by atoms with Crippen molar-refractivity contribution >= 4 is 16.7 Å². The molecule has 0 spiro atoms. The van der Waals surface area contributed by atoms with E-state index in [0.717, 1.165) is 31.0 Å². The minimum Gasteiger partial charge on any atom is -0.373 e. The number of para-hydroxylation sites is 1. The number of rotatable bonds is 3. The molecule has 0 amide bonds. The van der Waals surface area contributed by atoms with Crippen molar-refractivity contribution in [3.05, 3.63) is 35.9 Å². The van der Waals surface area contributed by atoms with Gasteiger partial charge in [0.25, 0.3) is 0 Å².